The van der Waals surface area contributed by atoms with Gasteiger partial charge in [0.25, 0.3) is 5.91 Å². The van der Waals surface area contributed by atoms with Crippen molar-refractivity contribution in [2.75, 3.05) is 13.7 Å². The third-order valence-corrected chi connectivity index (χ3v) is 3.64. The summed E-state index contributed by atoms with van der Waals surface area (Å²) in [4.78, 5) is 16.2. The Morgan fingerprint density at radius 2 is 1.92 bits per heavy atom. The van der Waals surface area contributed by atoms with Gasteiger partial charge in [0.15, 0.2) is 6.61 Å². The quantitative estimate of drug-likeness (QED) is 0.703. The molecule has 1 heterocycles. The number of amides is 1. The molecule has 3 aromatic rings. The number of rotatable bonds is 7. The number of ether oxygens (including phenoxy) is 2. The van der Waals surface area contributed by atoms with E-state index in [1.54, 1.807) is 7.11 Å². The van der Waals surface area contributed by atoms with Crippen LogP contribution in [-0.4, -0.2) is 29.8 Å². The fraction of sp³-hybridized carbons (Fsp3) is 0.211. The van der Waals surface area contributed by atoms with Crippen molar-refractivity contribution in [1.82, 2.24) is 15.5 Å². The van der Waals surface area contributed by atoms with Crippen molar-refractivity contribution >= 4 is 5.91 Å². The van der Waals surface area contributed by atoms with E-state index in [4.69, 9.17) is 14.0 Å². The first-order valence-corrected chi connectivity index (χ1v) is 8.08. The third-order valence-electron chi connectivity index (χ3n) is 3.64. The molecule has 0 aliphatic heterocycles. The van der Waals surface area contributed by atoms with Crippen molar-refractivity contribution in [2.45, 2.75) is 13.5 Å². The van der Waals surface area contributed by atoms with E-state index >= 15 is 0 Å². The molecule has 0 aliphatic carbocycles. The Kier molecular flexibility index (Phi) is 5.48. The van der Waals surface area contributed by atoms with Gasteiger partial charge in [0.2, 0.25) is 11.7 Å². The molecule has 0 spiro atoms. The number of carbonyl (C=O) groups excluding carboxylic acids is 1. The largest absolute Gasteiger partial charge is 0.496 e. The van der Waals surface area contributed by atoms with Crippen molar-refractivity contribution in [1.29, 1.82) is 0 Å². The molecule has 0 aliphatic rings. The second kappa shape index (κ2) is 8.15. The first kappa shape index (κ1) is 17.5. The van der Waals surface area contributed by atoms with Crippen LogP contribution in [0.1, 0.15) is 11.5 Å². The average molecular weight is 353 g/mol. The Hall–Kier alpha value is -3.35. The summed E-state index contributed by atoms with van der Waals surface area (Å²) in [7, 11) is 1.58. The van der Waals surface area contributed by atoms with E-state index in [0.29, 0.717) is 23.2 Å². The van der Waals surface area contributed by atoms with Crippen molar-refractivity contribution in [2.24, 2.45) is 0 Å². The zero-order valence-electron chi connectivity index (χ0n) is 14.6. The van der Waals surface area contributed by atoms with Crippen molar-refractivity contribution in [3.05, 3.63) is 60.0 Å². The van der Waals surface area contributed by atoms with Gasteiger partial charge in [-0.3, -0.25) is 4.79 Å². The summed E-state index contributed by atoms with van der Waals surface area (Å²) < 4.78 is 15.9. The Labute approximate surface area is 150 Å². The predicted molar refractivity (Wildman–Crippen MR) is 94.8 cm³/mol. The van der Waals surface area contributed by atoms with Gasteiger partial charge in [-0.05, 0) is 31.2 Å². The molecule has 0 bridgehead atoms. The number of hydrogen-bond donors (Lipinski definition) is 1. The molecule has 2 aromatic carbocycles. The van der Waals surface area contributed by atoms with E-state index in [1.165, 1.54) is 0 Å². The summed E-state index contributed by atoms with van der Waals surface area (Å²) in [5.74, 6) is 1.72. The minimum absolute atomic E-state index is 0.0867. The van der Waals surface area contributed by atoms with Crippen LogP contribution in [0.3, 0.4) is 0 Å². The number of aryl methyl sites for hydroxylation is 1. The lowest BCUT2D eigenvalue weighted by atomic mass is 10.2. The standard InChI is InChI=1S/C19H19N3O4/c1-13-7-9-14(10-8-13)25-12-17(23)20-11-18-21-19(22-26-18)15-5-3-4-6-16(15)24-2/h3-10H,11-12H2,1-2H3,(H,20,23). The molecule has 0 radical (unpaired) electrons. The van der Waals surface area contributed by atoms with E-state index in [2.05, 4.69) is 15.5 Å². The molecule has 1 N–H and O–H groups in total. The maximum Gasteiger partial charge on any atom is 0.258 e. The summed E-state index contributed by atoms with van der Waals surface area (Å²) in [6.45, 7) is 2.02. The van der Waals surface area contributed by atoms with Crippen LogP contribution in [0.5, 0.6) is 11.5 Å². The highest BCUT2D eigenvalue weighted by atomic mass is 16.5. The maximum absolute atomic E-state index is 11.9. The van der Waals surface area contributed by atoms with Gasteiger partial charge in [-0.15, -0.1) is 0 Å². The molecule has 1 amide bonds. The molecule has 0 saturated carbocycles. The lowest BCUT2D eigenvalue weighted by Gasteiger charge is -2.06. The molecule has 7 nitrogen and oxygen atoms in total. The van der Waals surface area contributed by atoms with Gasteiger partial charge >= 0.3 is 0 Å². The molecule has 3 rings (SSSR count). The highest BCUT2D eigenvalue weighted by molar-refractivity contribution is 5.77. The zero-order chi connectivity index (χ0) is 18.4. The van der Waals surface area contributed by atoms with E-state index < -0.39 is 0 Å². The number of hydrogen-bond acceptors (Lipinski definition) is 6. The van der Waals surface area contributed by atoms with E-state index in [0.717, 1.165) is 11.1 Å². The lowest BCUT2D eigenvalue weighted by molar-refractivity contribution is -0.123. The van der Waals surface area contributed by atoms with Gasteiger partial charge in [-0.25, -0.2) is 0 Å². The SMILES string of the molecule is COc1ccccc1-c1noc(CNC(=O)COc2ccc(C)cc2)n1. The van der Waals surface area contributed by atoms with Crippen LogP contribution in [0.4, 0.5) is 0 Å². The molecule has 0 unspecified atom stereocenters. The third kappa shape index (κ3) is 4.38. The molecule has 0 saturated heterocycles. The Morgan fingerprint density at radius 3 is 2.69 bits per heavy atom. The van der Waals surface area contributed by atoms with Crippen LogP contribution < -0.4 is 14.8 Å². The molecule has 0 atom stereocenters. The molecular weight excluding hydrogens is 334 g/mol. The van der Waals surface area contributed by atoms with E-state index in [1.807, 2.05) is 55.5 Å². The van der Waals surface area contributed by atoms with Crippen molar-refractivity contribution < 1.29 is 18.8 Å². The minimum atomic E-state index is -0.275. The number of aromatic nitrogens is 2. The lowest BCUT2D eigenvalue weighted by Crippen LogP contribution is -2.28. The van der Waals surface area contributed by atoms with Gasteiger partial charge < -0.3 is 19.3 Å². The van der Waals surface area contributed by atoms with Crippen LogP contribution in [0, 0.1) is 6.92 Å². The molecule has 7 heteroatoms. The highest BCUT2D eigenvalue weighted by Crippen LogP contribution is 2.26. The molecule has 26 heavy (non-hydrogen) atoms. The zero-order valence-corrected chi connectivity index (χ0v) is 14.6. The topological polar surface area (TPSA) is 86.5 Å². The Bertz CT molecular complexity index is 875. The van der Waals surface area contributed by atoms with Gasteiger partial charge in [0.1, 0.15) is 11.5 Å². The van der Waals surface area contributed by atoms with Gasteiger partial charge in [-0.1, -0.05) is 35.0 Å². The fourth-order valence-electron chi connectivity index (χ4n) is 2.27. The molecule has 134 valence electrons. The van der Waals surface area contributed by atoms with Crippen LogP contribution in [0.2, 0.25) is 0 Å². The summed E-state index contributed by atoms with van der Waals surface area (Å²) in [5.41, 5.74) is 1.85. The van der Waals surface area contributed by atoms with E-state index in [9.17, 15) is 4.79 Å². The van der Waals surface area contributed by atoms with Gasteiger partial charge in [0.05, 0.1) is 19.2 Å². The van der Waals surface area contributed by atoms with E-state index in [-0.39, 0.29) is 19.1 Å². The van der Waals surface area contributed by atoms with Gasteiger partial charge in [-0.2, -0.15) is 4.98 Å². The number of benzene rings is 2. The Balaban J connectivity index is 1.53. The Morgan fingerprint density at radius 1 is 1.15 bits per heavy atom. The molecular formula is C19H19N3O4. The number of para-hydroxylation sites is 1. The summed E-state index contributed by atoms with van der Waals surface area (Å²) in [6.07, 6.45) is 0. The number of methoxy groups -OCH3 is 1. The first-order valence-electron chi connectivity index (χ1n) is 8.08. The highest BCUT2D eigenvalue weighted by Gasteiger charge is 2.13. The first-order chi connectivity index (χ1) is 12.7. The van der Waals surface area contributed by atoms with Crippen LogP contribution in [0.25, 0.3) is 11.4 Å². The monoisotopic (exact) mass is 353 g/mol. The number of nitrogens with zero attached hydrogens (tertiary/aromatic N) is 2. The summed E-state index contributed by atoms with van der Waals surface area (Å²) in [5, 5.41) is 6.61. The van der Waals surface area contributed by atoms with Crippen molar-refractivity contribution in [3.8, 4) is 22.9 Å². The normalized spacial score (nSPS) is 10.4. The average Bonchev–Trinajstić information content (AvgIpc) is 3.14. The molecule has 1 aromatic heterocycles. The van der Waals surface area contributed by atoms with Gasteiger partial charge in [0, 0.05) is 0 Å². The number of carbonyl (C=O) groups is 1. The number of nitrogens with one attached hydrogen (secondary N) is 1. The van der Waals surface area contributed by atoms with Crippen LogP contribution in [-0.2, 0) is 11.3 Å². The van der Waals surface area contributed by atoms with Crippen LogP contribution in [0.15, 0.2) is 53.1 Å². The summed E-state index contributed by atoms with van der Waals surface area (Å²) in [6, 6.07) is 14.9. The van der Waals surface area contributed by atoms with Crippen LogP contribution >= 0.6 is 0 Å². The maximum atomic E-state index is 11.9. The second-order valence-electron chi connectivity index (χ2n) is 5.59. The van der Waals surface area contributed by atoms with Crippen molar-refractivity contribution in [3.63, 3.8) is 0 Å². The predicted octanol–water partition coefficient (Wildman–Crippen LogP) is 2.75. The minimum Gasteiger partial charge on any atom is -0.496 e. The summed E-state index contributed by atoms with van der Waals surface area (Å²) >= 11 is 0. The molecule has 0 fully saturated rings. The smallest absolute Gasteiger partial charge is 0.258 e. The second-order valence-corrected chi connectivity index (χ2v) is 5.59. The fourth-order valence-corrected chi connectivity index (χ4v) is 2.27.